The number of carbonyl (C=O) groups excluding carboxylic acids is 2. The number of ketones is 1. The number of hydrogen-bond donors (Lipinski definition) is 1. The SMILES string of the molecule is C=CC(=O)NC/C(=C\c1ccccc1)C12CCC(CC1=O)C2(C)C. The highest BCUT2D eigenvalue weighted by Gasteiger charge is 2.65. The Labute approximate surface area is 143 Å². The molecule has 0 aromatic heterocycles. The predicted octanol–water partition coefficient (Wildman–Crippen LogP) is 3.77. The summed E-state index contributed by atoms with van der Waals surface area (Å²) in [6.45, 7) is 8.33. The standard InChI is InChI=1S/C21H25NO2/c1-4-19(24)22-14-17(12-15-8-6-5-7-9-15)21-11-10-16(13-18(21)23)20(21,2)3/h4-9,12,16H,1,10-11,13-14H2,2-3H3,(H,22,24)/b17-12+. The first kappa shape index (κ1) is 16.7. The van der Waals surface area contributed by atoms with Crippen molar-refractivity contribution in [3.05, 3.63) is 54.1 Å². The largest absolute Gasteiger partial charge is 0.349 e. The second-order valence-electron chi connectivity index (χ2n) is 7.49. The molecule has 0 spiro atoms. The quantitative estimate of drug-likeness (QED) is 0.839. The lowest BCUT2D eigenvalue weighted by Crippen LogP contribution is -2.41. The fourth-order valence-corrected chi connectivity index (χ4v) is 4.76. The molecule has 24 heavy (non-hydrogen) atoms. The van der Waals surface area contributed by atoms with E-state index in [0.29, 0.717) is 24.7 Å². The van der Waals surface area contributed by atoms with Crippen molar-refractivity contribution in [3.8, 4) is 0 Å². The molecule has 0 radical (unpaired) electrons. The number of fused-ring (bicyclic) bond motifs is 2. The third-order valence-electron chi connectivity index (χ3n) is 6.22. The van der Waals surface area contributed by atoms with Crippen LogP contribution in [0.1, 0.15) is 38.7 Å². The van der Waals surface area contributed by atoms with Crippen LogP contribution >= 0.6 is 0 Å². The summed E-state index contributed by atoms with van der Waals surface area (Å²) >= 11 is 0. The Morgan fingerprint density at radius 2 is 2.04 bits per heavy atom. The lowest BCUT2D eigenvalue weighted by molar-refractivity contribution is -0.127. The molecule has 0 aliphatic heterocycles. The summed E-state index contributed by atoms with van der Waals surface area (Å²) in [5.74, 6) is 0.571. The van der Waals surface area contributed by atoms with Gasteiger partial charge in [-0.15, -0.1) is 0 Å². The molecule has 2 bridgehead atoms. The van der Waals surface area contributed by atoms with Crippen LogP contribution in [0.5, 0.6) is 0 Å². The van der Waals surface area contributed by atoms with E-state index in [4.69, 9.17) is 0 Å². The first-order valence-corrected chi connectivity index (χ1v) is 8.61. The second-order valence-corrected chi connectivity index (χ2v) is 7.49. The van der Waals surface area contributed by atoms with Gasteiger partial charge in [0.05, 0.1) is 5.41 Å². The van der Waals surface area contributed by atoms with Gasteiger partial charge in [-0.1, -0.05) is 56.8 Å². The van der Waals surface area contributed by atoms with Crippen molar-refractivity contribution < 1.29 is 9.59 Å². The molecule has 2 atom stereocenters. The molecule has 0 heterocycles. The van der Waals surface area contributed by atoms with Crippen molar-refractivity contribution >= 4 is 17.8 Å². The van der Waals surface area contributed by atoms with Gasteiger partial charge in [-0.3, -0.25) is 9.59 Å². The van der Waals surface area contributed by atoms with Gasteiger partial charge in [0.15, 0.2) is 0 Å². The minimum absolute atomic E-state index is 0.0659. The van der Waals surface area contributed by atoms with Gasteiger partial charge in [0.25, 0.3) is 0 Å². The van der Waals surface area contributed by atoms with Crippen LogP contribution in [-0.2, 0) is 9.59 Å². The van der Waals surface area contributed by atoms with Crippen LogP contribution in [0.2, 0.25) is 0 Å². The van der Waals surface area contributed by atoms with Gasteiger partial charge in [0, 0.05) is 13.0 Å². The monoisotopic (exact) mass is 323 g/mol. The number of Topliss-reactive ketones (excluding diaryl/α,β-unsaturated/α-hetero) is 1. The number of amides is 1. The van der Waals surface area contributed by atoms with E-state index in [2.05, 4.69) is 31.8 Å². The normalized spacial score (nSPS) is 28.0. The van der Waals surface area contributed by atoms with Gasteiger partial charge in [0.2, 0.25) is 5.91 Å². The molecular weight excluding hydrogens is 298 g/mol. The molecule has 0 saturated heterocycles. The molecule has 2 aliphatic carbocycles. The Kier molecular flexibility index (Phi) is 4.20. The number of hydrogen-bond acceptors (Lipinski definition) is 2. The van der Waals surface area contributed by atoms with Gasteiger partial charge in [0.1, 0.15) is 5.78 Å². The molecule has 2 fully saturated rings. The van der Waals surface area contributed by atoms with Crippen molar-refractivity contribution in [1.82, 2.24) is 5.32 Å². The molecular formula is C21H25NO2. The molecule has 1 amide bonds. The molecule has 3 nitrogen and oxygen atoms in total. The Morgan fingerprint density at radius 3 is 2.58 bits per heavy atom. The highest BCUT2D eigenvalue weighted by atomic mass is 16.1. The number of nitrogens with one attached hydrogen (secondary N) is 1. The van der Waals surface area contributed by atoms with Gasteiger partial charge in [-0.2, -0.15) is 0 Å². The van der Waals surface area contributed by atoms with Gasteiger partial charge < -0.3 is 5.32 Å². The maximum Gasteiger partial charge on any atom is 0.243 e. The van der Waals surface area contributed by atoms with E-state index in [9.17, 15) is 9.59 Å². The van der Waals surface area contributed by atoms with E-state index < -0.39 is 5.41 Å². The van der Waals surface area contributed by atoms with E-state index in [1.54, 1.807) is 0 Å². The minimum atomic E-state index is -0.456. The van der Waals surface area contributed by atoms with Crippen molar-refractivity contribution in [1.29, 1.82) is 0 Å². The highest BCUT2D eigenvalue weighted by molar-refractivity contribution is 5.94. The van der Waals surface area contributed by atoms with Crippen molar-refractivity contribution in [3.63, 3.8) is 0 Å². The van der Waals surface area contributed by atoms with E-state index >= 15 is 0 Å². The molecule has 126 valence electrons. The summed E-state index contributed by atoms with van der Waals surface area (Å²) in [6.07, 6.45) is 5.99. The zero-order chi connectivity index (χ0) is 17.4. The van der Waals surface area contributed by atoms with Gasteiger partial charge in [-0.25, -0.2) is 0 Å². The van der Waals surface area contributed by atoms with E-state index in [-0.39, 0.29) is 11.3 Å². The van der Waals surface area contributed by atoms with Crippen LogP contribution in [-0.4, -0.2) is 18.2 Å². The van der Waals surface area contributed by atoms with Gasteiger partial charge >= 0.3 is 0 Å². The maximum atomic E-state index is 12.9. The van der Waals surface area contributed by atoms with Crippen LogP contribution in [0.25, 0.3) is 6.08 Å². The van der Waals surface area contributed by atoms with Crippen molar-refractivity contribution in [2.45, 2.75) is 33.1 Å². The van der Waals surface area contributed by atoms with Crippen LogP contribution in [0.3, 0.4) is 0 Å². The summed E-state index contributed by atoms with van der Waals surface area (Å²) in [5, 5.41) is 2.89. The lowest BCUT2D eigenvalue weighted by Gasteiger charge is -2.39. The predicted molar refractivity (Wildman–Crippen MR) is 96.2 cm³/mol. The number of rotatable bonds is 5. The molecule has 3 rings (SSSR count). The zero-order valence-electron chi connectivity index (χ0n) is 14.5. The summed E-state index contributed by atoms with van der Waals surface area (Å²) in [7, 11) is 0. The fourth-order valence-electron chi connectivity index (χ4n) is 4.76. The molecule has 2 aliphatic rings. The Bertz CT molecular complexity index is 702. The topological polar surface area (TPSA) is 46.2 Å². The van der Waals surface area contributed by atoms with E-state index in [0.717, 1.165) is 24.0 Å². The maximum absolute atomic E-state index is 12.9. The fraction of sp³-hybridized carbons (Fsp3) is 0.429. The Morgan fingerprint density at radius 1 is 1.33 bits per heavy atom. The molecule has 2 unspecified atom stereocenters. The Balaban J connectivity index is 2.04. The second kappa shape index (κ2) is 6.04. The lowest BCUT2D eigenvalue weighted by atomic mass is 9.64. The average Bonchev–Trinajstić information content (AvgIpc) is 2.94. The van der Waals surface area contributed by atoms with Crippen LogP contribution in [0.4, 0.5) is 0 Å². The summed E-state index contributed by atoms with van der Waals surface area (Å²) < 4.78 is 0. The smallest absolute Gasteiger partial charge is 0.243 e. The first-order chi connectivity index (χ1) is 11.4. The Hall–Kier alpha value is -2.16. The van der Waals surface area contributed by atoms with Crippen molar-refractivity contribution in [2.75, 3.05) is 6.54 Å². The number of benzene rings is 1. The van der Waals surface area contributed by atoms with Gasteiger partial charge in [-0.05, 0) is 41.4 Å². The van der Waals surface area contributed by atoms with Crippen molar-refractivity contribution in [2.24, 2.45) is 16.7 Å². The molecule has 3 heteroatoms. The van der Waals surface area contributed by atoms with E-state index in [1.807, 2.05) is 30.3 Å². The molecule has 1 aromatic carbocycles. The molecule has 1 aromatic rings. The minimum Gasteiger partial charge on any atom is -0.349 e. The molecule has 1 N–H and O–H groups in total. The highest BCUT2D eigenvalue weighted by Crippen LogP contribution is 2.66. The first-order valence-electron chi connectivity index (χ1n) is 8.61. The molecule has 2 saturated carbocycles. The summed E-state index contributed by atoms with van der Waals surface area (Å²) in [5.41, 5.74) is 1.57. The summed E-state index contributed by atoms with van der Waals surface area (Å²) in [4.78, 5) is 24.6. The average molecular weight is 323 g/mol. The number of carbonyl (C=O) groups is 2. The van der Waals surface area contributed by atoms with Crippen LogP contribution in [0, 0.1) is 16.7 Å². The van der Waals surface area contributed by atoms with Crippen LogP contribution < -0.4 is 5.32 Å². The summed E-state index contributed by atoms with van der Waals surface area (Å²) in [6, 6.07) is 10.0. The zero-order valence-corrected chi connectivity index (χ0v) is 14.5. The van der Waals surface area contributed by atoms with E-state index in [1.165, 1.54) is 6.08 Å². The third-order valence-corrected chi connectivity index (χ3v) is 6.22. The van der Waals surface area contributed by atoms with Crippen LogP contribution in [0.15, 0.2) is 48.6 Å². The third kappa shape index (κ3) is 2.43.